The first-order chi connectivity index (χ1) is 20.7. The maximum atomic E-state index is 14.4. The summed E-state index contributed by atoms with van der Waals surface area (Å²) < 4.78 is 7.22. The van der Waals surface area contributed by atoms with Crippen LogP contribution in [0.15, 0.2) is 93.9 Å². The summed E-state index contributed by atoms with van der Waals surface area (Å²) in [4.78, 5) is 50.5. The summed E-state index contributed by atoms with van der Waals surface area (Å²) in [6.45, 7) is 4.00. The molecule has 0 spiro atoms. The Hall–Kier alpha value is -4.47. The molecule has 43 heavy (non-hydrogen) atoms. The Morgan fingerprint density at radius 3 is 2.40 bits per heavy atom. The smallest absolute Gasteiger partial charge is 0.338 e. The molecule has 2 aliphatic heterocycles. The average molecular weight is 613 g/mol. The van der Waals surface area contributed by atoms with Gasteiger partial charge in [-0.2, -0.15) is 0 Å². The Labute approximate surface area is 257 Å². The van der Waals surface area contributed by atoms with E-state index in [4.69, 9.17) is 16.3 Å². The van der Waals surface area contributed by atoms with Gasteiger partial charge in [0, 0.05) is 30.4 Å². The number of halogens is 1. The minimum atomic E-state index is -0.766. The van der Waals surface area contributed by atoms with Crippen molar-refractivity contribution in [2.24, 2.45) is 4.99 Å². The maximum absolute atomic E-state index is 14.4. The molecule has 3 heterocycles. The summed E-state index contributed by atoms with van der Waals surface area (Å²) in [6.07, 6.45) is 0. The van der Waals surface area contributed by atoms with Crippen LogP contribution in [0.5, 0.6) is 0 Å². The lowest BCUT2D eigenvalue weighted by atomic mass is 9.95. The van der Waals surface area contributed by atoms with Crippen LogP contribution in [0.25, 0.3) is 5.57 Å². The highest BCUT2D eigenvalue weighted by atomic mass is 35.5. The standard InChI is InChI=1S/C33H29ClN4O4S/c1-5-42-32(41)26-19(2)35-33-38(28(26)21-12-16-23(17-13-21)36(3)4)31(40)29(43-33)27-24-8-6-7-9-25(24)37(30(27)39)18-20-10-14-22(34)15-11-20/h6-17,28H,5,18H2,1-4H3/b29-27+/t28-/m1/s1. The van der Waals surface area contributed by atoms with Crippen molar-refractivity contribution in [3.05, 3.63) is 125 Å². The molecule has 1 amide bonds. The molecule has 1 atom stereocenters. The van der Waals surface area contributed by atoms with E-state index < -0.39 is 12.0 Å². The van der Waals surface area contributed by atoms with E-state index in [-0.39, 0.29) is 22.6 Å². The number of esters is 1. The van der Waals surface area contributed by atoms with E-state index in [9.17, 15) is 14.4 Å². The molecule has 218 valence electrons. The Bertz CT molecular complexity index is 1970. The number of aromatic nitrogens is 1. The monoisotopic (exact) mass is 612 g/mol. The van der Waals surface area contributed by atoms with Gasteiger partial charge in [0.15, 0.2) is 4.80 Å². The van der Waals surface area contributed by atoms with Crippen molar-refractivity contribution >= 4 is 51.8 Å². The largest absolute Gasteiger partial charge is 0.463 e. The summed E-state index contributed by atoms with van der Waals surface area (Å²) in [5.74, 6) is -0.797. The summed E-state index contributed by atoms with van der Waals surface area (Å²) in [5, 5.41) is 0.613. The number of carbonyl (C=O) groups excluding carboxylic acids is 2. The van der Waals surface area contributed by atoms with Gasteiger partial charge < -0.3 is 14.5 Å². The van der Waals surface area contributed by atoms with Gasteiger partial charge >= 0.3 is 5.97 Å². The third-order valence-corrected chi connectivity index (χ3v) is 8.93. The zero-order valence-electron chi connectivity index (χ0n) is 24.1. The van der Waals surface area contributed by atoms with Crippen LogP contribution in [0.4, 0.5) is 11.4 Å². The number of rotatable bonds is 6. The van der Waals surface area contributed by atoms with Crippen LogP contribution in [0.3, 0.4) is 0 Å². The highest BCUT2D eigenvalue weighted by molar-refractivity contribution is 7.07. The third kappa shape index (κ3) is 4.98. The minimum Gasteiger partial charge on any atom is -0.463 e. The van der Waals surface area contributed by atoms with Crippen molar-refractivity contribution in [2.75, 3.05) is 30.5 Å². The van der Waals surface area contributed by atoms with Crippen LogP contribution in [-0.4, -0.2) is 37.1 Å². The van der Waals surface area contributed by atoms with Crippen LogP contribution in [0, 0.1) is 0 Å². The summed E-state index contributed by atoms with van der Waals surface area (Å²) >= 11 is 7.24. The molecule has 2 aliphatic rings. The molecule has 0 radical (unpaired) electrons. The van der Waals surface area contributed by atoms with E-state index in [1.165, 1.54) is 4.57 Å². The predicted octanol–water partition coefficient (Wildman–Crippen LogP) is 4.43. The molecular formula is C33H29ClN4O4S. The minimum absolute atomic E-state index is 0.186. The SMILES string of the molecule is CCOC(=O)C1=C(C)N=c2s/c(=C3/C(=O)N(Cc4ccc(Cl)cc4)c4ccccc43)c(=O)n2[C@@H]1c1ccc(N(C)C)cc1. The molecule has 4 aromatic rings. The third-order valence-electron chi connectivity index (χ3n) is 7.62. The molecule has 0 aliphatic carbocycles. The molecule has 3 aromatic carbocycles. The zero-order valence-corrected chi connectivity index (χ0v) is 25.7. The molecule has 0 N–H and O–H groups in total. The highest BCUT2D eigenvalue weighted by Crippen LogP contribution is 2.37. The van der Waals surface area contributed by atoms with E-state index in [2.05, 4.69) is 4.99 Å². The Kier molecular flexibility index (Phi) is 7.54. The lowest BCUT2D eigenvalue weighted by Gasteiger charge is -2.25. The molecule has 0 saturated heterocycles. The van der Waals surface area contributed by atoms with E-state index in [0.29, 0.717) is 38.8 Å². The quantitative estimate of drug-likeness (QED) is 0.301. The lowest BCUT2D eigenvalue weighted by Crippen LogP contribution is -2.41. The first-order valence-electron chi connectivity index (χ1n) is 13.8. The van der Waals surface area contributed by atoms with Gasteiger partial charge in [-0.15, -0.1) is 0 Å². The van der Waals surface area contributed by atoms with Crippen LogP contribution < -0.4 is 24.7 Å². The second-order valence-corrected chi connectivity index (χ2v) is 11.9. The van der Waals surface area contributed by atoms with E-state index >= 15 is 0 Å². The number of nitrogens with zero attached hydrogens (tertiary/aromatic N) is 4. The number of carbonyl (C=O) groups is 2. The molecule has 0 unspecified atom stereocenters. The molecule has 8 nitrogen and oxygen atoms in total. The Morgan fingerprint density at radius 2 is 1.72 bits per heavy atom. The van der Waals surface area contributed by atoms with Crippen molar-refractivity contribution in [2.45, 2.75) is 26.4 Å². The highest BCUT2D eigenvalue weighted by Gasteiger charge is 2.37. The number of ether oxygens (including phenoxy) is 1. The van der Waals surface area contributed by atoms with Gasteiger partial charge in [-0.1, -0.05) is 65.4 Å². The molecule has 10 heteroatoms. The van der Waals surface area contributed by atoms with Gasteiger partial charge in [0.1, 0.15) is 4.53 Å². The Balaban J connectivity index is 1.55. The summed E-state index contributed by atoms with van der Waals surface area (Å²) in [5.41, 5.74) is 4.74. The number of allylic oxidation sites excluding steroid dienone is 1. The van der Waals surface area contributed by atoms with Crippen molar-refractivity contribution in [3.63, 3.8) is 0 Å². The molecule has 6 rings (SSSR count). The zero-order chi connectivity index (χ0) is 30.4. The number of hydrogen-bond acceptors (Lipinski definition) is 7. The lowest BCUT2D eigenvalue weighted by molar-refractivity contribution is -0.139. The fourth-order valence-corrected chi connectivity index (χ4v) is 6.80. The van der Waals surface area contributed by atoms with Crippen molar-refractivity contribution in [1.29, 1.82) is 0 Å². The average Bonchev–Trinajstić information content (AvgIpc) is 3.45. The van der Waals surface area contributed by atoms with Gasteiger partial charge in [0.05, 0.1) is 41.7 Å². The maximum Gasteiger partial charge on any atom is 0.338 e. The van der Waals surface area contributed by atoms with Gasteiger partial charge in [0.25, 0.3) is 11.5 Å². The normalized spacial score (nSPS) is 17.0. The fraction of sp³-hybridized carbons (Fsp3) is 0.212. The number of benzene rings is 3. The summed E-state index contributed by atoms with van der Waals surface area (Å²) in [6, 6.07) is 21.7. The second-order valence-electron chi connectivity index (χ2n) is 10.5. The fourth-order valence-electron chi connectivity index (χ4n) is 5.54. The Morgan fingerprint density at radius 1 is 1.02 bits per heavy atom. The summed E-state index contributed by atoms with van der Waals surface area (Å²) in [7, 11) is 3.89. The van der Waals surface area contributed by atoms with Crippen LogP contribution in [0.2, 0.25) is 5.02 Å². The van der Waals surface area contributed by atoms with Crippen molar-refractivity contribution in [1.82, 2.24) is 4.57 Å². The number of hydrogen-bond donors (Lipinski definition) is 0. The topological polar surface area (TPSA) is 84.2 Å². The van der Waals surface area contributed by atoms with E-state index in [1.807, 2.05) is 79.7 Å². The number of thiazole rings is 1. The van der Waals surface area contributed by atoms with Crippen LogP contribution in [0.1, 0.15) is 36.6 Å². The van der Waals surface area contributed by atoms with Gasteiger partial charge in [-0.3, -0.25) is 14.2 Å². The first-order valence-corrected chi connectivity index (χ1v) is 15.0. The predicted molar refractivity (Wildman–Crippen MR) is 169 cm³/mol. The van der Waals surface area contributed by atoms with Crippen LogP contribution >= 0.6 is 22.9 Å². The van der Waals surface area contributed by atoms with Gasteiger partial charge in [-0.05, 0) is 55.3 Å². The van der Waals surface area contributed by atoms with Gasteiger partial charge in [-0.25, -0.2) is 9.79 Å². The van der Waals surface area contributed by atoms with Gasteiger partial charge in [0.2, 0.25) is 0 Å². The number of fused-ring (bicyclic) bond motifs is 2. The number of para-hydroxylation sites is 1. The molecular weight excluding hydrogens is 584 g/mol. The first kappa shape index (κ1) is 28.6. The molecule has 0 saturated carbocycles. The van der Waals surface area contributed by atoms with E-state index in [1.54, 1.807) is 30.9 Å². The van der Waals surface area contributed by atoms with E-state index in [0.717, 1.165) is 33.8 Å². The molecule has 1 aromatic heterocycles. The second kappa shape index (κ2) is 11.3. The molecule has 0 fully saturated rings. The number of amides is 1. The molecule has 0 bridgehead atoms. The number of anilines is 2. The van der Waals surface area contributed by atoms with Crippen molar-refractivity contribution < 1.29 is 14.3 Å². The van der Waals surface area contributed by atoms with Crippen LogP contribution in [-0.2, 0) is 20.9 Å². The van der Waals surface area contributed by atoms with Crippen molar-refractivity contribution in [3.8, 4) is 0 Å².